The molecule has 2 heterocycles. The van der Waals surface area contributed by atoms with Crippen LogP contribution in [0.25, 0.3) is 0 Å². The summed E-state index contributed by atoms with van der Waals surface area (Å²) < 4.78 is 1.88. The average Bonchev–Trinajstić information content (AvgIpc) is 2.68. The lowest BCUT2D eigenvalue weighted by molar-refractivity contribution is 0.711. The van der Waals surface area contributed by atoms with Gasteiger partial charge in [-0.05, 0) is 24.6 Å². The summed E-state index contributed by atoms with van der Waals surface area (Å²) in [6.45, 7) is 2.83. The molecule has 0 aromatic carbocycles. The molecule has 0 atom stereocenters. The fraction of sp³-hybridized carbons (Fsp3) is 0.333. The fourth-order valence-electron chi connectivity index (χ4n) is 1.74. The van der Waals surface area contributed by atoms with E-state index in [0.29, 0.717) is 5.69 Å². The predicted molar refractivity (Wildman–Crippen MR) is 68.8 cm³/mol. The second-order valence-corrected chi connectivity index (χ2v) is 4.06. The lowest BCUT2D eigenvalue weighted by atomic mass is 10.2. The Morgan fingerprint density at radius 2 is 2.29 bits per heavy atom. The molecular formula is C12H17N5. The highest BCUT2D eigenvalue weighted by Crippen LogP contribution is 2.13. The lowest BCUT2D eigenvalue weighted by Crippen LogP contribution is -2.10. The van der Waals surface area contributed by atoms with E-state index < -0.39 is 0 Å². The van der Waals surface area contributed by atoms with E-state index in [1.165, 1.54) is 5.69 Å². The van der Waals surface area contributed by atoms with Gasteiger partial charge < -0.3 is 11.1 Å². The molecule has 0 aliphatic carbocycles. The zero-order valence-electron chi connectivity index (χ0n) is 10.1. The largest absolute Gasteiger partial charge is 0.397 e. The third-order valence-corrected chi connectivity index (χ3v) is 2.70. The van der Waals surface area contributed by atoms with E-state index in [2.05, 4.69) is 15.4 Å². The number of aryl methyl sites for hydroxylation is 2. The van der Waals surface area contributed by atoms with Gasteiger partial charge in [0.25, 0.3) is 0 Å². The molecule has 0 unspecified atom stereocenters. The minimum absolute atomic E-state index is 0.694. The summed E-state index contributed by atoms with van der Waals surface area (Å²) in [5.41, 5.74) is 8.61. The number of anilines is 2. The van der Waals surface area contributed by atoms with Gasteiger partial charge in [-0.1, -0.05) is 0 Å². The quantitative estimate of drug-likeness (QED) is 0.833. The molecular weight excluding hydrogens is 214 g/mol. The molecule has 90 valence electrons. The first-order chi connectivity index (χ1) is 8.16. The Bertz CT molecular complexity index is 503. The van der Waals surface area contributed by atoms with Crippen LogP contribution in [-0.2, 0) is 13.5 Å². The summed E-state index contributed by atoms with van der Waals surface area (Å²) in [6, 6.07) is 3.93. The van der Waals surface area contributed by atoms with Crippen LogP contribution >= 0.6 is 0 Å². The van der Waals surface area contributed by atoms with E-state index in [1.807, 2.05) is 37.0 Å². The van der Waals surface area contributed by atoms with E-state index in [4.69, 9.17) is 5.73 Å². The van der Waals surface area contributed by atoms with Gasteiger partial charge in [0.2, 0.25) is 0 Å². The summed E-state index contributed by atoms with van der Waals surface area (Å²) in [5.74, 6) is 0.890. The van der Waals surface area contributed by atoms with Gasteiger partial charge in [0.15, 0.2) is 0 Å². The van der Waals surface area contributed by atoms with Gasteiger partial charge in [-0.2, -0.15) is 5.10 Å². The molecule has 5 nitrogen and oxygen atoms in total. The summed E-state index contributed by atoms with van der Waals surface area (Å²) in [7, 11) is 1.95. The van der Waals surface area contributed by atoms with Crippen LogP contribution in [-0.4, -0.2) is 21.3 Å². The molecule has 0 amide bonds. The summed E-state index contributed by atoms with van der Waals surface area (Å²) in [6.07, 6.45) is 4.39. The molecule has 2 aromatic rings. The van der Waals surface area contributed by atoms with Crippen LogP contribution in [0.3, 0.4) is 0 Å². The van der Waals surface area contributed by atoms with Crippen molar-refractivity contribution in [2.75, 3.05) is 17.6 Å². The van der Waals surface area contributed by atoms with Crippen LogP contribution in [0.4, 0.5) is 11.5 Å². The fourth-order valence-corrected chi connectivity index (χ4v) is 1.74. The van der Waals surface area contributed by atoms with Crippen LogP contribution in [0.15, 0.2) is 24.5 Å². The molecule has 2 rings (SSSR count). The summed E-state index contributed by atoms with van der Waals surface area (Å²) in [5, 5.41) is 7.43. The molecule has 0 spiro atoms. The maximum Gasteiger partial charge on any atom is 0.129 e. The number of nitrogens with zero attached hydrogens (tertiary/aromatic N) is 3. The molecule has 0 fully saturated rings. The standard InChI is InChI=1S/C12H17N5/c1-9-7-10(13)8-15-12(9)14-5-3-11-4-6-16-17(11)2/h4,6-8H,3,5,13H2,1-2H3,(H,14,15). The van der Waals surface area contributed by atoms with Crippen LogP contribution in [0, 0.1) is 6.92 Å². The lowest BCUT2D eigenvalue weighted by Gasteiger charge is -2.08. The number of nitrogen functional groups attached to an aromatic ring is 1. The van der Waals surface area contributed by atoms with Crippen LogP contribution in [0.1, 0.15) is 11.3 Å². The molecule has 0 radical (unpaired) electrons. The zero-order chi connectivity index (χ0) is 12.3. The highest BCUT2D eigenvalue weighted by molar-refractivity contribution is 5.50. The smallest absolute Gasteiger partial charge is 0.129 e. The SMILES string of the molecule is Cc1cc(N)cnc1NCCc1ccnn1C. The molecule has 0 saturated heterocycles. The number of hydrogen-bond acceptors (Lipinski definition) is 4. The molecule has 3 N–H and O–H groups in total. The van der Waals surface area contributed by atoms with Gasteiger partial charge >= 0.3 is 0 Å². The third kappa shape index (κ3) is 2.75. The Kier molecular flexibility index (Phi) is 3.27. The Hall–Kier alpha value is -2.04. The molecule has 5 heteroatoms. The van der Waals surface area contributed by atoms with Crippen LogP contribution in [0.2, 0.25) is 0 Å². The van der Waals surface area contributed by atoms with Gasteiger partial charge in [0, 0.05) is 31.9 Å². The van der Waals surface area contributed by atoms with Crippen LogP contribution in [0.5, 0.6) is 0 Å². The highest BCUT2D eigenvalue weighted by atomic mass is 15.3. The number of nitrogens with two attached hydrogens (primary N) is 1. The Morgan fingerprint density at radius 1 is 1.47 bits per heavy atom. The Balaban J connectivity index is 1.92. The summed E-state index contributed by atoms with van der Waals surface area (Å²) >= 11 is 0. The summed E-state index contributed by atoms with van der Waals surface area (Å²) in [4.78, 5) is 4.26. The first-order valence-electron chi connectivity index (χ1n) is 5.59. The number of nitrogens with one attached hydrogen (secondary N) is 1. The zero-order valence-corrected chi connectivity index (χ0v) is 10.1. The van der Waals surface area contributed by atoms with Gasteiger partial charge in [-0.15, -0.1) is 0 Å². The molecule has 2 aromatic heterocycles. The van der Waals surface area contributed by atoms with Crippen molar-refractivity contribution >= 4 is 11.5 Å². The highest BCUT2D eigenvalue weighted by Gasteiger charge is 2.01. The molecule has 0 bridgehead atoms. The first kappa shape index (κ1) is 11.4. The van der Waals surface area contributed by atoms with Crippen molar-refractivity contribution in [3.8, 4) is 0 Å². The number of pyridine rings is 1. The van der Waals surface area contributed by atoms with E-state index in [1.54, 1.807) is 6.20 Å². The maximum absolute atomic E-state index is 5.65. The first-order valence-corrected chi connectivity index (χ1v) is 5.59. The second kappa shape index (κ2) is 4.86. The molecule has 0 aliphatic rings. The minimum Gasteiger partial charge on any atom is -0.397 e. The average molecular weight is 231 g/mol. The predicted octanol–water partition coefficient (Wildman–Crippen LogP) is 1.36. The Labute approximate surface area is 101 Å². The number of aromatic nitrogens is 3. The van der Waals surface area contributed by atoms with Gasteiger partial charge in [-0.3, -0.25) is 4.68 Å². The monoisotopic (exact) mass is 231 g/mol. The maximum atomic E-state index is 5.65. The van der Waals surface area contributed by atoms with E-state index in [-0.39, 0.29) is 0 Å². The van der Waals surface area contributed by atoms with Crippen molar-refractivity contribution in [2.45, 2.75) is 13.3 Å². The van der Waals surface area contributed by atoms with Crippen molar-refractivity contribution in [3.63, 3.8) is 0 Å². The number of hydrogen-bond donors (Lipinski definition) is 2. The molecule has 0 aliphatic heterocycles. The van der Waals surface area contributed by atoms with Crippen LogP contribution < -0.4 is 11.1 Å². The van der Waals surface area contributed by atoms with Crippen molar-refractivity contribution in [2.24, 2.45) is 7.05 Å². The number of rotatable bonds is 4. The van der Waals surface area contributed by atoms with Gasteiger partial charge in [0.1, 0.15) is 5.82 Å². The molecule has 0 saturated carbocycles. The molecule has 17 heavy (non-hydrogen) atoms. The van der Waals surface area contributed by atoms with Gasteiger partial charge in [0.05, 0.1) is 11.9 Å². The third-order valence-electron chi connectivity index (χ3n) is 2.70. The van der Waals surface area contributed by atoms with Crippen molar-refractivity contribution in [1.82, 2.24) is 14.8 Å². The van der Waals surface area contributed by atoms with E-state index in [0.717, 1.165) is 24.3 Å². The minimum atomic E-state index is 0.694. The van der Waals surface area contributed by atoms with Crippen molar-refractivity contribution in [1.29, 1.82) is 0 Å². The van der Waals surface area contributed by atoms with Crippen molar-refractivity contribution in [3.05, 3.63) is 35.8 Å². The van der Waals surface area contributed by atoms with E-state index >= 15 is 0 Å². The normalized spacial score (nSPS) is 10.5. The second-order valence-electron chi connectivity index (χ2n) is 4.06. The Morgan fingerprint density at radius 3 is 2.94 bits per heavy atom. The van der Waals surface area contributed by atoms with Crippen molar-refractivity contribution < 1.29 is 0 Å². The van der Waals surface area contributed by atoms with Gasteiger partial charge in [-0.25, -0.2) is 4.98 Å². The van der Waals surface area contributed by atoms with E-state index in [9.17, 15) is 0 Å². The topological polar surface area (TPSA) is 68.8 Å².